The maximum Gasteiger partial charge on any atom is 0.408 e. The van der Waals surface area contributed by atoms with Gasteiger partial charge in [0, 0.05) is 12.8 Å². The van der Waals surface area contributed by atoms with Gasteiger partial charge in [0.05, 0.1) is 13.7 Å². The lowest BCUT2D eigenvalue weighted by Crippen LogP contribution is -2.52. The third kappa shape index (κ3) is 6.60. The molecular weight excluding hydrogens is 388 g/mol. The van der Waals surface area contributed by atoms with Gasteiger partial charge in [-0.2, -0.15) is 0 Å². The van der Waals surface area contributed by atoms with Crippen molar-refractivity contribution in [2.75, 3.05) is 13.7 Å². The number of alkyl halides is 1. The fourth-order valence-corrected chi connectivity index (χ4v) is 3.15. The van der Waals surface area contributed by atoms with Crippen molar-refractivity contribution in [2.24, 2.45) is 0 Å². The highest BCUT2D eigenvalue weighted by atomic mass is 35.5. The Morgan fingerprint density at radius 3 is 2.79 bits per heavy atom. The van der Waals surface area contributed by atoms with Crippen molar-refractivity contribution < 1.29 is 28.5 Å². The van der Waals surface area contributed by atoms with E-state index in [4.69, 9.17) is 30.5 Å². The zero-order valence-electron chi connectivity index (χ0n) is 16.7. The molecule has 9 heteroatoms. The van der Waals surface area contributed by atoms with Gasteiger partial charge in [0.15, 0.2) is 11.3 Å². The van der Waals surface area contributed by atoms with E-state index in [0.717, 1.165) is 19.3 Å². The maximum absolute atomic E-state index is 12.2. The Balaban J connectivity index is 2.10. The molecule has 2 aliphatic heterocycles. The normalized spacial score (nSPS) is 25.8. The van der Waals surface area contributed by atoms with Gasteiger partial charge < -0.3 is 29.6 Å². The lowest BCUT2D eigenvalue weighted by Gasteiger charge is -2.36. The molecule has 0 aromatic heterocycles. The molecule has 1 amide bonds. The molecule has 2 rings (SSSR count). The van der Waals surface area contributed by atoms with Gasteiger partial charge in [-0.3, -0.25) is 0 Å². The van der Waals surface area contributed by atoms with Crippen LogP contribution in [0.1, 0.15) is 46.5 Å². The van der Waals surface area contributed by atoms with Gasteiger partial charge in [0.25, 0.3) is 0 Å². The van der Waals surface area contributed by atoms with Crippen LogP contribution in [-0.2, 0) is 23.7 Å². The number of halogens is 1. The fraction of sp³-hybridized carbons (Fsp3) is 0.684. The van der Waals surface area contributed by atoms with E-state index in [1.54, 1.807) is 39.1 Å². The molecule has 0 saturated carbocycles. The third-order valence-corrected chi connectivity index (χ3v) is 4.55. The van der Waals surface area contributed by atoms with E-state index >= 15 is 0 Å². The van der Waals surface area contributed by atoms with Crippen LogP contribution in [0.5, 0.6) is 0 Å². The monoisotopic (exact) mass is 416 g/mol. The minimum Gasteiger partial charge on any atom is -0.467 e. The number of methoxy groups -OCH3 is 1. The Labute approximate surface area is 170 Å². The highest BCUT2D eigenvalue weighted by Gasteiger charge is 2.41. The smallest absolute Gasteiger partial charge is 0.408 e. The molecule has 2 unspecified atom stereocenters. The van der Waals surface area contributed by atoms with Crippen LogP contribution in [0.15, 0.2) is 24.1 Å². The predicted molar refractivity (Wildman–Crippen MR) is 103 cm³/mol. The summed E-state index contributed by atoms with van der Waals surface area (Å²) in [7, 11) is 1.24. The zero-order valence-corrected chi connectivity index (χ0v) is 17.5. The molecule has 0 aromatic carbocycles. The number of hydrogen-bond donors (Lipinski definition) is 2. The first kappa shape index (κ1) is 22.4. The van der Waals surface area contributed by atoms with Crippen molar-refractivity contribution in [1.82, 2.24) is 10.6 Å². The van der Waals surface area contributed by atoms with E-state index in [1.807, 2.05) is 0 Å². The summed E-state index contributed by atoms with van der Waals surface area (Å²) in [6.07, 6.45) is 6.68. The lowest BCUT2D eigenvalue weighted by atomic mass is 10.0. The van der Waals surface area contributed by atoms with E-state index in [-0.39, 0.29) is 6.42 Å². The SMILES string of the molecule is COC(=O)C(C[C@@]1(Cl)NC=CC=C1OC1CCCCO1)NC(=O)OC(C)(C)C. The fourth-order valence-electron chi connectivity index (χ4n) is 2.82. The van der Waals surface area contributed by atoms with E-state index < -0.39 is 35.0 Å². The largest absolute Gasteiger partial charge is 0.467 e. The van der Waals surface area contributed by atoms with Crippen LogP contribution >= 0.6 is 11.6 Å². The average molecular weight is 417 g/mol. The Morgan fingerprint density at radius 2 is 2.18 bits per heavy atom. The average Bonchev–Trinajstić information content (AvgIpc) is 2.62. The summed E-state index contributed by atoms with van der Waals surface area (Å²) in [5, 5.41) is 5.52. The van der Waals surface area contributed by atoms with E-state index in [1.165, 1.54) is 7.11 Å². The number of hydrogen-bond acceptors (Lipinski definition) is 7. The van der Waals surface area contributed by atoms with Crippen LogP contribution in [0.2, 0.25) is 0 Å². The molecule has 158 valence electrons. The van der Waals surface area contributed by atoms with Gasteiger partial charge in [-0.05, 0) is 52.0 Å². The Hall–Kier alpha value is -1.93. The maximum atomic E-state index is 12.2. The van der Waals surface area contributed by atoms with Crippen molar-refractivity contribution >= 4 is 23.7 Å². The van der Waals surface area contributed by atoms with Crippen molar-refractivity contribution in [1.29, 1.82) is 0 Å². The number of nitrogens with one attached hydrogen (secondary N) is 2. The standard InChI is InChI=1S/C19H29ClN2O6/c1-18(2,3)28-17(24)22-13(16(23)25-4)12-19(20)14(8-7-10-21-19)27-15-9-5-6-11-26-15/h7-8,10,13,15,21H,5-6,9,11-12H2,1-4H3,(H,22,24)/t13?,15?,19-/m1/s1. The van der Waals surface area contributed by atoms with Crippen molar-refractivity contribution in [2.45, 2.75) is 69.4 Å². The summed E-state index contributed by atoms with van der Waals surface area (Å²) in [6.45, 7) is 5.82. The van der Waals surface area contributed by atoms with Crippen molar-refractivity contribution in [3.63, 3.8) is 0 Å². The van der Waals surface area contributed by atoms with Gasteiger partial charge in [-0.15, -0.1) is 0 Å². The summed E-state index contributed by atoms with van der Waals surface area (Å²) in [6, 6.07) is -1.05. The second kappa shape index (κ2) is 9.52. The van der Waals surface area contributed by atoms with E-state index in [0.29, 0.717) is 12.4 Å². The molecule has 2 heterocycles. The summed E-state index contributed by atoms with van der Waals surface area (Å²) < 4.78 is 21.6. The van der Waals surface area contributed by atoms with Crippen LogP contribution < -0.4 is 10.6 Å². The molecule has 2 N–H and O–H groups in total. The third-order valence-electron chi connectivity index (χ3n) is 4.10. The molecule has 0 aliphatic carbocycles. The Bertz CT molecular complexity index is 624. The first-order valence-electron chi connectivity index (χ1n) is 9.32. The summed E-state index contributed by atoms with van der Waals surface area (Å²) in [4.78, 5) is 23.1. The quantitative estimate of drug-likeness (QED) is 0.390. The van der Waals surface area contributed by atoms with Crippen LogP contribution in [0.25, 0.3) is 0 Å². The molecule has 2 aliphatic rings. The minimum atomic E-state index is -1.26. The summed E-state index contributed by atoms with van der Waals surface area (Å²) in [5.74, 6) is -0.237. The molecule has 0 spiro atoms. The number of rotatable bonds is 6. The second-order valence-electron chi connectivity index (χ2n) is 7.68. The predicted octanol–water partition coefficient (Wildman–Crippen LogP) is 2.92. The van der Waals surface area contributed by atoms with Crippen LogP contribution in [0.3, 0.4) is 0 Å². The molecule has 0 radical (unpaired) electrons. The number of ether oxygens (including phenoxy) is 4. The zero-order chi connectivity index (χ0) is 20.8. The minimum absolute atomic E-state index is 0.0244. The first-order chi connectivity index (χ1) is 13.1. The number of alkyl carbamates (subject to hydrolysis) is 1. The lowest BCUT2D eigenvalue weighted by molar-refractivity contribution is -0.146. The van der Waals surface area contributed by atoms with E-state index in [2.05, 4.69) is 10.6 Å². The Kier molecular flexibility index (Phi) is 7.60. The number of dihydropyridines is 1. The molecular formula is C19H29ClN2O6. The highest BCUT2D eigenvalue weighted by Crippen LogP contribution is 2.33. The second-order valence-corrected chi connectivity index (χ2v) is 8.32. The number of esters is 1. The van der Waals surface area contributed by atoms with Gasteiger partial charge in [0.1, 0.15) is 17.4 Å². The number of amides is 1. The number of allylic oxidation sites excluding steroid dienone is 2. The van der Waals surface area contributed by atoms with Crippen molar-refractivity contribution in [3.8, 4) is 0 Å². The summed E-state index contributed by atoms with van der Waals surface area (Å²) >= 11 is 6.76. The number of carbonyl (C=O) groups excluding carboxylic acids is 2. The van der Waals surface area contributed by atoms with Crippen LogP contribution in [0.4, 0.5) is 4.79 Å². The van der Waals surface area contributed by atoms with Crippen LogP contribution in [0, 0.1) is 0 Å². The van der Waals surface area contributed by atoms with Gasteiger partial charge in [-0.25, -0.2) is 9.59 Å². The molecule has 0 aromatic rings. The molecule has 1 fully saturated rings. The van der Waals surface area contributed by atoms with Crippen molar-refractivity contribution in [3.05, 3.63) is 24.1 Å². The molecule has 1 saturated heterocycles. The van der Waals surface area contributed by atoms with Crippen LogP contribution in [-0.4, -0.2) is 48.7 Å². The summed E-state index contributed by atoms with van der Waals surface area (Å²) in [5.41, 5.74) is -0.707. The van der Waals surface area contributed by atoms with Gasteiger partial charge in [-0.1, -0.05) is 11.6 Å². The van der Waals surface area contributed by atoms with Gasteiger partial charge >= 0.3 is 12.1 Å². The molecule has 8 nitrogen and oxygen atoms in total. The highest BCUT2D eigenvalue weighted by molar-refractivity contribution is 6.25. The van der Waals surface area contributed by atoms with Gasteiger partial charge in [0.2, 0.25) is 0 Å². The Morgan fingerprint density at radius 1 is 1.43 bits per heavy atom. The number of carbonyl (C=O) groups is 2. The molecule has 3 atom stereocenters. The molecule has 0 bridgehead atoms. The first-order valence-corrected chi connectivity index (χ1v) is 9.70. The van der Waals surface area contributed by atoms with E-state index in [9.17, 15) is 9.59 Å². The molecule has 28 heavy (non-hydrogen) atoms. The topological polar surface area (TPSA) is 95.1 Å².